The second-order valence-corrected chi connectivity index (χ2v) is 7.27. The minimum absolute atomic E-state index is 0.114. The number of benzene rings is 2. The van der Waals surface area contributed by atoms with Crippen molar-refractivity contribution in [2.45, 2.75) is 36.3 Å². The molecule has 0 spiro atoms. The van der Waals surface area contributed by atoms with Crippen molar-refractivity contribution in [3.05, 3.63) is 66.2 Å². The van der Waals surface area contributed by atoms with E-state index in [9.17, 15) is 4.79 Å². The lowest BCUT2D eigenvalue weighted by molar-refractivity contribution is -0.130. The molecule has 2 unspecified atom stereocenters. The van der Waals surface area contributed by atoms with Crippen molar-refractivity contribution in [2.75, 3.05) is 0 Å². The van der Waals surface area contributed by atoms with Crippen LogP contribution in [0.4, 0.5) is 0 Å². The third kappa shape index (κ3) is 3.21. The Kier molecular flexibility index (Phi) is 4.16. The number of rotatable bonds is 5. The summed E-state index contributed by atoms with van der Waals surface area (Å²) < 4.78 is 0. The lowest BCUT2D eigenvalue weighted by Crippen LogP contribution is -2.49. The van der Waals surface area contributed by atoms with E-state index in [1.165, 1.54) is 10.5 Å². The van der Waals surface area contributed by atoms with Crippen LogP contribution < -0.4 is 0 Å². The van der Waals surface area contributed by atoms with Crippen LogP contribution in [0.1, 0.15) is 25.3 Å². The summed E-state index contributed by atoms with van der Waals surface area (Å²) in [6, 6.07) is 20.8. The standard InChI is InChI=1S/C19H20OS/c1-19(13-12-15-8-4-2-5-9-15)14-17(20)18(19)21-16-10-6-3-7-11-16/h2-11,18H,12-14H2,1H3. The highest BCUT2D eigenvalue weighted by atomic mass is 32.2. The molecule has 0 N–H and O–H groups in total. The predicted molar refractivity (Wildman–Crippen MR) is 88.6 cm³/mol. The maximum Gasteiger partial charge on any atom is 0.147 e. The Bertz CT molecular complexity index is 608. The van der Waals surface area contributed by atoms with Crippen molar-refractivity contribution in [3.8, 4) is 0 Å². The summed E-state index contributed by atoms with van der Waals surface area (Å²) in [6.07, 6.45) is 2.86. The van der Waals surface area contributed by atoms with Crippen molar-refractivity contribution in [3.63, 3.8) is 0 Å². The highest BCUT2D eigenvalue weighted by Crippen LogP contribution is 2.50. The number of aryl methyl sites for hydroxylation is 1. The molecule has 0 saturated heterocycles. The Balaban J connectivity index is 1.65. The smallest absolute Gasteiger partial charge is 0.147 e. The van der Waals surface area contributed by atoms with Crippen LogP contribution in [0, 0.1) is 5.41 Å². The molecular formula is C19H20OS. The fraction of sp³-hybridized carbons (Fsp3) is 0.316. The average Bonchev–Trinajstić information content (AvgIpc) is 2.53. The van der Waals surface area contributed by atoms with Gasteiger partial charge >= 0.3 is 0 Å². The summed E-state index contributed by atoms with van der Waals surface area (Å²) in [5.74, 6) is 0.402. The summed E-state index contributed by atoms with van der Waals surface area (Å²) in [5, 5.41) is 0.114. The molecule has 2 atom stereocenters. The minimum atomic E-state index is 0.114. The zero-order valence-electron chi connectivity index (χ0n) is 12.3. The first-order valence-electron chi connectivity index (χ1n) is 7.46. The van der Waals surface area contributed by atoms with E-state index in [0.717, 1.165) is 19.3 Å². The molecule has 0 aliphatic heterocycles. The third-order valence-corrected chi connectivity index (χ3v) is 5.94. The average molecular weight is 296 g/mol. The van der Waals surface area contributed by atoms with Crippen LogP contribution in [0.3, 0.4) is 0 Å². The highest BCUT2D eigenvalue weighted by Gasteiger charge is 2.49. The number of Topliss-reactive ketones (excluding diaryl/α,β-unsaturated/α-hetero) is 1. The molecule has 0 bridgehead atoms. The van der Waals surface area contributed by atoms with Crippen LogP contribution in [0.2, 0.25) is 0 Å². The molecule has 2 aromatic rings. The Morgan fingerprint density at radius 3 is 2.29 bits per heavy atom. The molecule has 1 nitrogen and oxygen atoms in total. The van der Waals surface area contributed by atoms with Gasteiger partial charge in [0.1, 0.15) is 5.78 Å². The van der Waals surface area contributed by atoms with Gasteiger partial charge in [-0.1, -0.05) is 55.5 Å². The lowest BCUT2D eigenvalue weighted by Gasteiger charge is -2.45. The number of carbonyl (C=O) groups is 1. The molecule has 2 heteroatoms. The van der Waals surface area contributed by atoms with E-state index in [1.54, 1.807) is 11.8 Å². The van der Waals surface area contributed by atoms with Gasteiger partial charge < -0.3 is 0 Å². The van der Waals surface area contributed by atoms with Crippen LogP contribution in [0.25, 0.3) is 0 Å². The minimum Gasteiger partial charge on any atom is -0.298 e. The van der Waals surface area contributed by atoms with Gasteiger partial charge in [0, 0.05) is 11.3 Å². The van der Waals surface area contributed by atoms with E-state index < -0.39 is 0 Å². The topological polar surface area (TPSA) is 17.1 Å². The summed E-state index contributed by atoms with van der Waals surface area (Å²) in [6.45, 7) is 2.26. The van der Waals surface area contributed by atoms with Crippen LogP contribution in [0.15, 0.2) is 65.6 Å². The van der Waals surface area contributed by atoms with Crippen molar-refractivity contribution >= 4 is 17.5 Å². The number of thioether (sulfide) groups is 1. The third-order valence-electron chi connectivity index (χ3n) is 4.33. The van der Waals surface area contributed by atoms with Crippen molar-refractivity contribution in [1.29, 1.82) is 0 Å². The fourth-order valence-corrected chi connectivity index (χ4v) is 4.27. The molecular weight excluding hydrogens is 276 g/mol. The summed E-state index contributed by atoms with van der Waals surface area (Å²) in [5.41, 5.74) is 1.49. The second kappa shape index (κ2) is 6.07. The van der Waals surface area contributed by atoms with Crippen LogP contribution in [-0.4, -0.2) is 11.0 Å². The van der Waals surface area contributed by atoms with E-state index in [4.69, 9.17) is 0 Å². The highest BCUT2D eigenvalue weighted by molar-refractivity contribution is 8.00. The number of ketones is 1. The molecule has 108 valence electrons. The van der Waals surface area contributed by atoms with Gasteiger partial charge in [-0.3, -0.25) is 4.79 Å². The van der Waals surface area contributed by atoms with Gasteiger partial charge in [0.05, 0.1) is 5.25 Å². The van der Waals surface area contributed by atoms with Crippen molar-refractivity contribution < 1.29 is 4.79 Å². The SMILES string of the molecule is CC1(CCc2ccccc2)CC(=O)C1Sc1ccccc1. The molecule has 2 aromatic carbocycles. The molecule has 0 aromatic heterocycles. The molecule has 1 aliphatic carbocycles. The largest absolute Gasteiger partial charge is 0.298 e. The zero-order chi connectivity index (χ0) is 14.7. The first-order chi connectivity index (χ1) is 10.2. The van der Waals surface area contributed by atoms with Gasteiger partial charge in [0.15, 0.2) is 0 Å². The van der Waals surface area contributed by atoms with Gasteiger partial charge in [-0.15, -0.1) is 11.8 Å². The van der Waals surface area contributed by atoms with Gasteiger partial charge in [0.25, 0.3) is 0 Å². The molecule has 21 heavy (non-hydrogen) atoms. The number of carbonyl (C=O) groups excluding carboxylic acids is 1. The monoisotopic (exact) mass is 296 g/mol. The van der Waals surface area contributed by atoms with E-state index >= 15 is 0 Å². The van der Waals surface area contributed by atoms with Crippen molar-refractivity contribution in [1.82, 2.24) is 0 Å². The van der Waals surface area contributed by atoms with Gasteiger partial charge in [-0.25, -0.2) is 0 Å². The van der Waals surface area contributed by atoms with E-state index in [2.05, 4.69) is 43.3 Å². The van der Waals surface area contributed by atoms with E-state index in [0.29, 0.717) is 5.78 Å². The quantitative estimate of drug-likeness (QED) is 0.791. The van der Waals surface area contributed by atoms with Crippen molar-refractivity contribution in [2.24, 2.45) is 5.41 Å². The second-order valence-electron chi connectivity index (χ2n) is 6.09. The Morgan fingerprint density at radius 2 is 1.67 bits per heavy atom. The number of hydrogen-bond acceptors (Lipinski definition) is 2. The summed E-state index contributed by atoms with van der Waals surface area (Å²) >= 11 is 1.73. The molecule has 1 aliphatic rings. The lowest BCUT2D eigenvalue weighted by atomic mass is 9.66. The maximum absolute atomic E-state index is 12.0. The van der Waals surface area contributed by atoms with Crippen LogP contribution in [0.5, 0.6) is 0 Å². The summed E-state index contributed by atoms with van der Waals surface area (Å²) in [4.78, 5) is 13.2. The first kappa shape index (κ1) is 14.4. The van der Waals surface area contributed by atoms with Crippen LogP contribution in [-0.2, 0) is 11.2 Å². The van der Waals surface area contributed by atoms with Gasteiger partial charge in [0.2, 0.25) is 0 Å². The Morgan fingerprint density at radius 1 is 1.05 bits per heavy atom. The molecule has 0 radical (unpaired) electrons. The maximum atomic E-state index is 12.0. The van der Waals surface area contributed by atoms with E-state index in [1.807, 2.05) is 24.3 Å². The van der Waals surface area contributed by atoms with E-state index in [-0.39, 0.29) is 10.7 Å². The molecule has 1 fully saturated rings. The number of hydrogen-bond donors (Lipinski definition) is 0. The molecule has 1 saturated carbocycles. The Labute approximate surface area is 130 Å². The molecule has 0 amide bonds. The van der Waals surface area contributed by atoms with Gasteiger partial charge in [-0.2, -0.15) is 0 Å². The molecule has 3 rings (SSSR count). The van der Waals surface area contributed by atoms with Crippen LogP contribution >= 0.6 is 11.8 Å². The predicted octanol–water partition coefficient (Wildman–Crippen LogP) is 4.76. The summed E-state index contributed by atoms with van der Waals surface area (Å²) in [7, 11) is 0. The zero-order valence-corrected chi connectivity index (χ0v) is 13.1. The Hall–Kier alpha value is -1.54. The first-order valence-corrected chi connectivity index (χ1v) is 8.34. The fourth-order valence-electron chi connectivity index (χ4n) is 2.98. The van der Waals surface area contributed by atoms with Gasteiger partial charge in [-0.05, 0) is 36.0 Å². The molecule has 0 heterocycles. The normalized spacial score (nSPS) is 24.6.